The highest BCUT2D eigenvalue weighted by Gasteiger charge is 2.37. The van der Waals surface area contributed by atoms with Crippen molar-refractivity contribution in [2.45, 2.75) is 31.7 Å². The van der Waals surface area contributed by atoms with Crippen molar-refractivity contribution in [1.29, 1.82) is 0 Å². The van der Waals surface area contributed by atoms with Crippen LogP contribution in [0.2, 0.25) is 0 Å². The lowest BCUT2D eigenvalue weighted by atomic mass is 9.97. The molecule has 0 saturated heterocycles. The number of ether oxygens (including phenoxy) is 1. The van der Waals surface area contributed by atoms with Crippen molar-refractivity contribution < 1.29 is 35.9 Å². The number of halogens is 6. The van der Waals surface area contributed by atoms with Crippen LogP contribution in [0.15, 0.2) is 72.9 Å². The number of hydrogen-bond donors (Lipinski definition) is 1. The van der Waals surface area contributed by atoms with Gasteiger partial charge in [0.15, 0.2) is 0 Å². The molecule has 0 aliphatic carbocycles. The third-order valence-corrected chi connectivity index (χ3v) is 5.80. The number of nitrogens with two attached hydrogens (primary N) is 1. The topological polar surface area (TPSA) is 57.2 Å². The Morgan fingerprint density at radius 2 is 1.49 bits per heavy atom. The number of aryl methyl sites for hydroxylation is 1. The van der Waals surface area contributed by atoms with Gasteiger partial charge in [0.2, 0.25) is 5.91 Å². The Labute approximate surface area is 208 Å². The highest BCUT2D eigenvalue weighted by atomic mass is 19.4. The maximum atomic E-state index is 13.3. The first-order chi connectivity index (χ1) is 17.4. The summed E-state index contributed by atoms with van der Waals surface area (Å²) < 4.78 is 87.6. The van der Waals surface area contributed by atoms with E-state index in [1.165, 1.54) is 12.1 Å². The van der Waals surface area contributed by atoms with Crippen LogP contribution in [0.25, 0.3) is 22.0 Å². The van der Waals surface area contributed by atoms with E-state index < -0.39 is 29.4 Å². The molecule has 4 nitrogen and oxygen atoms in total. The molecule has 0 radical (unpaired) electrons. The largest absolute Gasteiger partial charge is 0.494 e. The molecule has 4 rings (SSSR count). The number of rotatable bonds is 8. The zero-order valence-electron chi connectivity index (χ0n) is 19.4. The van der Waals surface area contributed by atoms with Crippen molar-refractivity contribution in [2.75, 3.05) is 6.61 Å². The first kappa shape index (κ1) is 26.1. The Bertz CT molecular complexity index is 1380. The summed E-state index contributed by atoms with van der Waals surface area (Å²) in [6.45, 7) is 0.917. The minimum atomic E-state index is -4.96. The molecule has 0 atom stereocenters. The summed E-state index contributed by atoms with van der Waals surface area (Å²) in [6.07, 6.45) is -7.72. The number of alkyl halides is 6. The lowest BCUT2D eigenvalue weighted by Gasteiger charge is -2.15. The predicted octanol–water partition coefficient (Wildman–Crippen LogP) is 6.84. The molecule has 1 aromatic heterocycles. The third-order valence-electron chi connectivity index (χ3n) is 5.80. The number of primary amides is 1. The molecule has 3 aromatic carbocycles. The second-order valence-electron chi connectivity index (χ2n) is 8.53. The van der Waals surface area contributed by atoms with E-state index in [2.05, 4.69) is 0 Å². The summed E-state index contributed by atoms with van der Waals surface area (Å²) in [5.41, 5.74) is 3.69. The van der Waals surface area contributed by atoms with Crippen LogP contribution in [0.5, 0.6) is 5.75 Å². The number of fused-ring (bicyclic) bond motifs is 1. The number of carbonyl (C=O) groups excluding carboxylic acids is 1. The van der Waals surface area contributed by atoms with Gasteiger partial charge in [-0.1, -0.05) is 24.3 Å². The van der Waals surface area contributed by atoms with Crippen LogP contribution in [-0.2, 0) is 30.1 Å². The Kier molecular flexibility index (Phi) is 7.20. The standard InChI is InChI=1S/C27H22F6N2O2/c28-26(29,30)20-11-18(12-21(15-20)27(31,32)33)17-7-8-24-23(13-17)19(14-25(34)36)16-35(24)9-4-10-37-22-5-2-1-3-6-22/h1-3,5-8,11-13,15-16H,4,9-10,14H2,(H2,34,36). The van der Waals surface area contributed by atoms with E-state index in [4.69, 9.17) is 10.5 Å². The molecular weight excluding hydrogens is 498 g/mol. The van der Waals surface area contributed by atoms with Crippen molar-refractivity contribution in [2.24, 2.45) is 5.73 Å². The van der Waals surface area contributed by atoms with Crippen molar-refractivity contribution in [3.8, 4) is 16.9 Å². The van der Waals surface area contributed by atoms with Crippen LogP contribution in [0, 0.1) is 0 Å². The van der Waals surface area contributed by atoms with E-state index in [0.717, 1.165) is 5.75 Å². The molecule has 37 heavy (non-hydrogen) atoms. The Morgan fingerprint density at radius 1 is 0.838 bits per heavy atom. The molecule has 0 aliphatic heterocycles. The lowest BCUT2D eigenvalue weighted by Crippen LogP contribution is -2.13. The fraction of sp³-hybridized carbons (Fsp3) is 0.222. The molecule has 194 valence electrons. The highest BCUT2D eigenvalue weighted by molar-refractivity contribution is 5.92. The van der Waals surface area contributed by atoms with Gasteiger partial charge in [-0.05, 0) is 65.6 Å². The number of benzene rings is 3. The summed E-state index contributed by atoms with van der Waals surface area (Å²) >= 11 is 0. The zero-order chi connectivity index (χ0) is 26.8. The van der Waals surface area contributed by atoms with Crippen molar-refractivity contribution >= 4 is 16.8 Å². The fourth-order valence-corrected chi connectivity index (χ4v) is 4.13. The minimum Gasteiger partial charge on any atom is -0.494 e. The Morgan fingerprint density at radius 3 is 2.08 bits per heavy atom. The van der Waals surface area contributed by atoms with Crippen LogP contribution in [-0.4, -0.2) is 17.1 Å². The monoisotopic (exact) mass is 520 g/mol. The third kappa shape index (κ3) is 6.25. The molecule has 0 bridgehead atoms. The number of para-hydroxylation sites is 1. The van der Waals surface area contributed by atoms with E-state index in [9.17, 15) is 31.1 Å². The van der Waals surface area contributed by atoms with Gasteiger partial charge in [-0.15, -0.1) is 0 Å². The lowest BCUT2D eigenvalue weighted by molar-refractivity contribution is -0.143. The van der Waals surface area contributed by atoms with E-state index >= 15 is 0 Å². The summed E-state index contributed by atoms with van der Waals surface area (Å²) in [6, 6.07) is 15.2. The van der Waals surface area contributed by atoms with Crippen LogP contribution in [0.1, 0.15) is 23.1 Å². The molecule has 1 amide bonds. The smallest absolute Gasteiger partial charge is 0.416 e. The van der Waals surface area contributed by atoms with Gasteiger partial charge in [-0.25, -0.2) is 0 Å². The average Bonchev–Trinajstić information content (AvgIpc) is 3.17. The molecule has 0 spiro atoms. The van der Waals surface area contributed by atoms with Crippen molar-refractivity contribution in [3.05, 3.63) is 89.6 Å². The van der Waals surface area contributed by atoms with E-state index in [-0.39, 0.29) is 23.6 Å². The van der Waals surface area contributed by atoms with Gasteiger partial charge in [-0.2, -0.15) is 26.3 Å². The predicted molar refractivity (Wildman–Crippen MR) is 127 cm³/mol. The maximum Gasteiger partial charge on any atom is 0.416 e. The first-order valence-electron chi connectivity index (χ1n) is 11.3. The Hall–Kier alpha value is -3.95. The number of hydrogen-bond acceptors (Lipinski definition) is 2. The van der Waals surface area contributed by atoms with E-state index in [1.807, 2.05) is 34.9 Å². The number of aromatic nitrogens is 1. The highest BCUT2D eigenvalue weighted by Crippen LogP contribution is 2.39. The summed E-state index contributed by atoms with van der Waals surface area (Å²) in [5, 5.41) is 0.520. The van der Waals surface area contributed by atoms with E-state index in [0.29, 0.717) is 48.2 Å². The van der Waals surface area contributed by atoms with Crippen LogP contribution >= 0.6 is 0 Å². The molecule has 0 saturated carbocycles. The second kappa shape index (κ2) is 10.2. The summed E-state index contributed by atoms with van der Waals surface area (Å²) in [7, 11) is 0. The second-order valence-corrected chi connectivity index (χ2v) is 8.53. The van der Waals surface area contributed by atoms with Crippen molar-refractivity contribution in [1.82, 2.24) is 4.57 Å². The van der Waals surface area contributed by atoms with E-state index in [1.54, 1.807) is 12.3 Å². The quantitative estimate of drug-likeness (QED) is 0.204. The van der Waals surface area contributed by atoms with Crippen LogP contribution < -0.4 is 10.5 Å². The maximum absolute atomic E-state index is 13.3. The first-order valence-corrected chi connectivity index (χ1v) is 11.3. The number of nitrogens with zero attached hydrogens (tertiary/aromatic N) is 1. The molecule has 0 unspecified atom stereocenters. The SMILES string of the molecule is NC(=O)Cc1cn(CCCOc2ccccc2)c2ccc(-c3cc(C(F)(F)F)cc(C(F)(F)F)c3)cc12. The Balaban J connectivity index is 1.68. The van der Waals surface area contributed by atoms with Gasteiger partial charge in [0.05, 0.1) is 24.2 Å². The molecule has 1 heterocycles. The van der Waals surface area contributed by atoms with Crippen LogP contribution in [0.4, 0.5) is 26.3 Å². The van der Waals surface area contributed by atoms with Crippen LogP contribution in [0.3, 0.4) is 0 Å². The van der Waals surface area contributed by atoms with Gasteiger partial charge in [0.25, 0.3) is 0 Å². The molecule has 4 aromatic rings. The van der Waals surface area contributed by atoms with Gasteiger partial charge in [-0.3, -0.25) is 4.79 Å². The summed E-state index contributed by atoms with van der Waals surface area (Å²) in [4.78, 5) is 11.6. The van der Waals surface area contributed by atoms with Gasteiger partial charge in [0.1, 0.15) is 5.75 Å². The molecular formula is C27H22F6N2O2. The number of carbonyl (C=O) groups is 1. The van der Waals surface area contributed by atoms with Gasteiger partial charge < -0.3 is 15.0 Å². The normalized spacial score (nSPS) is 12.2. The minimum absolute atomic E-state index is 0.0918. The zero-order valence-corrected chi connectivity index (χ0v) is 19.4. The number of amides is 1. The molecule has 0 fully saturated rings. The molecule has 2 N–H and O–H groups in total. The average molecular weight is 520 g/mol. The molecule has 10 heteroatoms. The van der Waals surface area contributed by atoms with Crippen molar-refractivity contribution in [3.63, 3.8) is 0 Å². The fourth-order valence-electron chi connectivity index (χ4n) is 4.13. The van der Waals surface area contributed by atoms with Gasteiger partial charge in [0, 0.05) is 23.6 Å². The van der Waals surface area contributed by atoms with Gasteiger partial charge >= 0.3 is 12.4 Å². The summed E-state index contributed by atoms with van der Waals surface area (Å²) in [5.74, 6) is 0.105. The molecule has 0 aliphatic rings.